The molecule has 0 aliphatic carbocycles. The number of phosphoric acid groups is 1. The molecule has 0 heterocycles. The van der Waals surface area contributed by atoms with Gasteiger partial charge in [-0.1, -0.05) is 212 Å². The van der Waals surface area contributed by atoms with Crippen molar-refractivity contribution in [3.05, 3.63) is 24.3 Å². The number of carboxylic acid groups (broad SMARTS) is 1. The lowest BCUT2D eigenvalue weighted by atomic mass is 10.0. The molecule has 12 heteroatoms. The summed E-state index contributed by atoms with van der Waals surface area (Å²) in [6, 6.07) is -1.53. The standard InChI is InChI=1S/C49H92NO10P/c1-3-5-7-9-11-13-15-17-19-21-22-23-25-26-28-30-32-34-36-38-40-47(51)57-42-45(43-58-61(55,56)59-44-46(50)49(53)54)60-48(52)41-39-37-35-33-31-29-27-24-20-18-16-14-12-10-8-6-4-2/h27,29,33,35,45-46H,3-26,28,30-32,34,36-44,50H2,1-2H3,(H,53,54)(H,55,56)/b29-27+,35-33+/t45-,46+/m1/s1. The Morgan fingerprint density at radius 3 is 1.33 bits per heavy atom. The predicted molar refractivity (Wildman–Crippen MR) is 249 cm³/mol. The van der Waals surface area contributed by atoms with Crippen LogP contribution in [0.25, 0.3) is 0 Å². The fourth-order valence-electron chi connectivity index (χ4n) is 7.05. The minimum atomic E-state index is -4.73. The molecule has 3 atom stereocenters. The first-order chi connectivity index (χ1) is 29.6. The third-order valence-electron chi connectivity index (χ3n) is 11.0. The number of esters is 2. The zero-order chi connectivity index (χ0) is 44.9. The van der Waals surface area contributed by atoms with E-state index < -0.39 is 51.1 Å². The van der Waals surface area contributed by atoms with Crippen molar-refractivity contribution in [2.75, 3.05) is 19.8 Å². The Kier molecular flexibility index (Phi) is 43.1. The molecule has 0 rings (SSSR count). The maximum atomic E-state index is 12.6. The van der Waals surface area contributed by atoms with Crippen LogP contribution in [0.1, 0.15) is 239 Å². The van der Waals surface area contributed by atoms with Gasteiger partial charge in [-0.15, -0.1) is 0 Å². The van der Waals surface area contributed by atoms with Crippen LogP contribution >= 0.6 is 7.82 Å². The number of nitrogens with two attached hydrogens (primary N) is 1. The Labute approximate surface area is 372 Å². The van der Waals surface area contributed by atoms with Gasteiger partial charge in [-0.2, -0.15) is 0 Å². The van der Waals surface area contributed by atoms with Gasteiger partial charge in [-0.05, 0) is 38.5 Å². The third-order valence-corrected chi connectivity index (χ3v) is 11.9. The van der Waals surface area contributed by atoms with E-state index in [1.165, 1.54) is 161 Å². The highest BCUT2D eigenvalue weighted by Gasteiger charge is 2.28. The summed E-state index contributed by atoms with van der Waals surface area (Å²) in [5.74, 6) is -2.42. The van der Waals surface area contributed by atoms with Gasteiger partial charge in [0.2, 0.25) is 0 Å². The van der Waals surface area contributed by atoms with E-state index in [-0.39, 0.29) is 19.4 Å². The molecule has 0 saturated heterocycles. The summed E-state index contributed by atoms with van der Waals surface area (Å²) in [6.45, 7) is 2.80. The average Bonchev–Trinajstić information content (AvgIpc) is 3.24. The van der Waals surface area contributed by atoms with Gasteiger partial charge in [0.1, 0.15) is 12.6 Å². The number of rotatable bonds is 47. The molecule has 0 spiro atoms. The second kappa shape index (κ2) is 44.6. The van der Waals surface area contributed by atoms with E-state index in [9.17, 15) is 23.8 Å². The zero-order valence-electron chi connectivity index (χ0n) is 39.0. The molecule has 0 saturated carbocycles. The van der Waals surface area contributed by atoms with Crippen LogP contribution in [0.2, 0.25) is 0 Å². The van der Waals surface area contributed by atoms with E-state index in [1.54, 1.807) is 0 Å². The maximum absolute atomic E-state index is 12.6. The van der Waals surface area contributed by atoms with Crippen LogP contribution in [0.3, 0.4) is 0 Å². The van der Waals surface area contributed by atoms with E-state index >= 15 is 0 Å². The van der Waals surface area contributed by atoms with Crippen molar-refractivity contribution in [1.82, 2.24) is 0 Å². The summed E-state index contributed by atoms with van der Waals surface area (Å²) >= 11 is 0. The van der Waals surface area contributed by atoms with Gasteiger partial charge in [0.15, 0.2) is 6.10 Å². The molecule has 11 nitrogen and oxygen atoms in total. The Morgan fingerprint density at radius 1 is 0.508 bits per heavy atom. The summed E-state index contributed by atoms with van der Waals surface area (Å²) in [7, 11) is -4.73. The van der Waals surface area contributed by atoms with Crippen LogP contribution in [0, 0.1) is 0 Å². The number of carboxylic acids is 1. The van der Waals surface area contributed by atoms with Crippen molar-refractivity contribution in [2.45, 2.75) is 251 Å². The van der Waals surface area contributed by atoms with E-state index in [4.69, 9.17) is 24.8 Å². The number of unbranched alkanes of at least 4 members (excludes halogenated alkanes) is 29. The molecule has 4 N–H and O–H groups in total. The van der Waals surface area contributed by atoms with Gasteiger partial charge in [0.25, 0.3) is 0 Å². The van der Waals surface area contributed by atoms with Crippen LogP contribution in [0.5, 0.6) is 0 Å². The van der Waals surface area contributed by atoms with Crippen LogP contribution in [-0.4, -0.2) is 59.9 Å². The monoisotopic (exact) mass is 886 g/mol. The number of hydrogen-bond acceptors (Lipinski definition) is 9. The first kappa shape index (κ1) is 59.0. The Bertz CT molecular complexity index is 1130. The van der Waals surface area contributed by atoms with Gasteiger partial charge < -0.3 is 25.2 Å². The Hall–Kier alpha value is -2.04. The van der Waals surface area contributed by atoms with Crippen LogP contribution in [0.15, 0.2) is 24.3 Å². The van der Waals surface area contributed by atoms with Crippen molar-refractivity contribution in [1.29, 1.82) is 0 Å². The smallest absolute Gasteiger partial charge is 0.472 e. The molecule has 0 radical (unpaired) electrons. The molecule has 0 aromatic carbocycles. The topological polar surface area (TPSA) is 172 Å². The molecule has 0 amide bonds. The maximum Gasteiger partial charge on any atom is 0.472 e. The number of ether oxygens (including phenoxy) is 2. The molecule has 0 aromatic rings. The van der Waals surface area contributed by atoms with Crippen LogP contribution in [-0.2, 0) is 37.5 Å². The number of aliphatic carboxylic acids is 1. The lowest BCUT2D eigenvalue weighted by Gasteiger charge is -2.20. The number of carbonyl (C=O) groups is 3. The minimum absolute atomic E-state index is 0.101. The van der Waals surface area contributed by atoms with Gasteiger partial charge in [0.05, 0.1) is 13.2 Å². The normalized spacial score (nSPS) is 13.8. The minimum Gasteiger partial charge on any atom is -0.480 e. The molecule has 61 heavy (non-hydrogen) atoms. The summed E-state index contributed by atoms with van der Waals surface area (Å²) < 4.78 is 32.8. The molecule has 0 aromatic heterocycles. The molecule has 0 bridgehead atoms. The quantitative estimate of drug-likeness (QED) is 0.0230. The highest BCUT2D eigenvalue weighted by molar-refractivity contribution is 7.47. The average molecular weight is 886 g/mol. The van der Waals surface area contributed by atoms with Gasteiger partial charge in [-0.25, -0.2) is 4.57 Å². The Morgan fingerprint density at radius 2 is 0.885 bits per heavy atom. The van der Waals surface area contributed by atoms with Gasteiger partial charge in [0, 0.05) is 12.8 Å². The van der Waals surface area contributed by atoms with E-state index in [0.29, 0.717) is 19.3 Å². The lowest BCUT2D eigenvalue weighted by Crippen LogP contribution is -2.34. The molecule has 0 aliphatic rings. The highest BCUT2D eigenvalue weighted by atomic mass is 31.2. The van der Waals surface area contributed by atoms with E-state index in [1.807, 2.05) is 6.08 Å². The number of allylic oxidation sites excluding steroid dienone is 4. The second-order valence-electron chi connectivity index (χ2n) is 17.0. The second-order valence-corrected chi connectivity index (χ2v) is 18.4. The summed E-state index contributed by atoms with van der Waals surface area (Å²) in [6.07, 6.45) is 48.3. The summed E-state index contributed by atoms with van der Waals surface area (Å²) in [4.78, 5) is 46.1. The first-order valence-corrected chi connectivity index (χ1v) is 26.4. The third kappa shape index (κ3) is 44.4. The molecular weight excluding hydrogens is 794 g/mol. The zero-order valence-corrected chi connectivity index (χ0v) is 39.9. The molecule has 0 aliphatic heterocycles. The molecule has 1 unspecified atom stereocenters. The first-order valence-electron chi connectivity index (χ1n) is 24.9. The van der Waals surface area contributed by atoms with Crippen molar-refractivity contribution < 1.29 is 47.5 Å². The molecular formula is C49H92NO10P. The summed E-state index contributed by atoms with van der Waals surface area (Å²) in [5, 5.41) is 8.91. The van der Waals surface area contributed by atoms with Crippen LogP contribution in [0.4, 0.5) is 0 Å². The van der Waals surface area contributed by atoms with Gasteiger partial charge >= 0.3 is 25.7 Å². The predicted octanol–water partition coefficient (Wildman–Crippen LogP) is 13.8. The molecule has 0 fully saturated rings. The van der Waals surface area contributed by atoms with E-state index in [0.717, 1.165) is 32.1 Å². The van der Waals surface area contributed by atoms with Crippen molar-refractivity contribution in [3.63, 3.8) is 0 Å². The fraction of sp³-hybridized carbons (Fsp3) is 0.857. The Balaban J connectivity index is 4.28. The summed E-state index contributed by atoms with van der Waals surface area (Å²) in [5.41, 5.74) is 5.34. The number of carbonyl (C=O) groups excluding carboxylic acids is 2. The van der Waals surface area contributed by atoms with Gasteiger partial charge in [-0.3, -0.25) is 23.4 Å². The lowest BCUT2D eigenvalue weighted by molar-refractivity contribution is -0.161. The van der Waals surface area contributed by atoms with Crippen LogP contribution < -0.4 is 5.73 Å². The number of phosphoric ester groups is 1. The number of hydrogen-bond donors (Lipinski definition) is 3. The fourth-order valence-corrected chi connectivity index (χ4v) is 7.83. The van der Waals surface area contributed by atoms with Crippen molar-refractivity contribution >= 4 is 25.7 Å². The largest absolute Gasteiger partial charge is 0.480 e. The van der Waals surface area contributed by atoms with Crippen molar-refractivity contribution in [3.8, 4) is 0 Å². The van der Waals surface area contributed by atoms with E-state index in [2.05, 4.69) is 36.6 Å². The molecule has 358 valence electrons. The SMILES string of the molecule is CCCCCCCCCCC/C=C/C/C=C/CCCC(=O)O[C@H](COC(=O)CCCCCCCCCCCCCCCCCCCCCC)COP(=O)(O)OC[C@H](N)C(=O)O. The van der Waals surface area contributed by atoms with Crippen molar-refractivity contribution in [2.24, 2.45) is 5.73 Å². The highest BCUT2D eigenvalue weighted by Crippen LogP contribution is 2.43.